The van der Waals surface area contributed by atoms with Gasteiger partial charge in [0.2, 0.25) is 23.6 Å². The second-order valence-electron chi connectivity index (χ2n) is 26.0. The molecule has 101 heavy (non-hydrogen) atoms. The summed E-state index contributed by atoms with van der Waals surface area (Å²) in [5.74, 6) is 0.609. The van der Waals surface area contributed by atoms with Gasteiger partial charge in [-0.05, 0) is 99.3 Å². The number of rotatable bonds is 37. The molecule has 4 aliphatic rings. The van der Waals surface area contributed by atoms with Crippen molar-refractivity contribution < 1.29 is 71.7 Å². The first-order valence-electron chi connectivity index (χ1n) is 36.0. The van der Waals surface area contributed by atoms with Gasteiger partial charge < -0.3 is 78.8 Å². The van der Waals surface area contributed by atoms with Crippen molar-refractivity contribution in [2.45, 2.75) is 169 Å². The van der Waals surface area contributed by atoms with E-state index in [2.05, 4.69) is 51.6 Å². The van der Waals surface area contributed by atoms with Gasteiger partial charge in [0.25, 0.3) is 0 Å². The van der Waals surface area contributed by atoms with Crippen molar-refractivity contribution in [2.75, 3.05) is 104 Å². The number of anilines is 2. The molecule has 3 aromatic rings. The molecule has 3 aliphatic heterocycles. The van der Waals surface area contributed by atoms with Crippen molar-refractivity contribution >= 4 is 64.4 Å². The number of β-amino-alcohol motifs (C(OH)–C–C–N with tert-alkyl or cyclic N) is 1. The molecule has 552 valence electrons. The van der Waals surface area contributed by atoms with Crippen LogP contribution in [0, 0.1) is 11.8 Å². The highest BCUT2D eigenvalue weighted by Crippen LogP contribution is 2.44. The standard InChI is InChI=1S/C78H110N8O15/c1-11-23-58(13-3)50-84-52-74(89)86(67-48-71(69(94-10)46-65(67)56(84)7)100-34-22-33-99-70-47-66-64(45-68(70)93-9)57(8)85-51-61(24-12-2)43-63(85)49-80-66)78(92)101-53-60-27-29-62(30-28-60)82-76(90)55(6)81-77(91)75(54(4)5)83-72(87)31-35-95-37-39-97-41-42-98-40-38-96-36-32-79-73(88)44-59-25-20-18-16-14-15-17-19-21-26-59/h11-12,23-24,27-30,45-51,54-55,59,63,74-75,89H,7-8,13-22,25-26,31-44,52-53H2,1-6,9-10H3,(H,79,88)(H,81,91)(H,82,90)(H,83,87)/b23-11+,24-12+,58-50+/t55-,63-,74-,75-/m0/s1. The SMILES string of the molecule is C=C1c2cc(OC)c(OCCCOc3cc4c(cc3OC)C(=C)N3C=C(/C=C/C)C[C@H]3C=N4)cc2N(C(=O)OCc2ccc(NC(=O)[C@H](C)NC(=O)[C@@H](NC(=O)CCOCCOCCOCCOCCNC(=O)CC3CCCCCCCCCC3)C(C)C)cc2)[C@@H](O)CN1/C=C(/C=C/C)CC. The van der Waals surface area contributed by atoms with Crippen LogP contribution in [0.15, 0.2) is 115 Å². The molecule has 0 bridgehead atoms. The van der Waals surface area contributed by atoms with E-state index < -0.39 is 36.2 Å². The molecule has 7 rings (SSSR count). The molecule has 23 heteroatoms. The fraction of sp³-hybridized carbons (Fsp3) is 0.538. The minimum atomic E-state index is -1.42. The fourth-order valence-electron chi connectivity index (χ4n) is 12.3. The Labute approximate surface area is 597 Å². The van der Waals surface area contributed by atoms with E-state index in [1.165, 1.54) is 68.9 Å². The number of methoxy groups -OCH3 is 2. The van der Waals surface area contributed by atoms with E-state index in [-0.39, 0.29) is 75.5 Å². The Balaban J connectivity index is 0.825. The summed E-state index contributed by atoms with van der Waals surface area (Å²) in [4.78, 5) is 76.7. The molecule has 3 heterocycles. The summed E-state index contributed by atoms with van der Waals surface area (Å²) < 4.78 is 52.6. The number of hydrogen-bond donors (Lipinski definition) is 5. The Hall–Kier alpha value is -8.48. The number of amides is 5. The molecule has 23 nitrogen and oxygen atoms in total. The third-order valence-electron chi connectivity index (χ3n) is 18.0. The predicted octanol–water partition coefficient (Wildman–Crippen LogP) is 12.5. The normalized spacial score (nSPS) is 17.4. The van der Waals surface area contributed by atoms with E-state index in [9.17, 15) is 29.1 Å². The maximum atomic E-state index is 14.4. The van der Waals surface area contributed by atoms with Crippen LogP contribution in [-0.2, 0) is 49.5 Å². The minimum absolute atomic E-state index is 0.0119. The third kappa shape index (κ3) is 25.2. The number of allylic oxidation sites excluding steroid dienone is 5. The highest BCUT2D eigenvalue weighted by atomic mass is 16.6. The Morgan fingerprint density at radius 1 is 0.703 bits per heavy atom. The van der Waals surface area contributed by atoms with Gasteiger partial charge >= 0.3 is 6.09 Å². The molecule has 0 spiro atoms. The Kier molecular flexibility index (Phi) is 33.8. The summed E-state index contributed by atoms with van der Waals surface area (Å²) in [6, 6.07) is 11.9. The van der Waals surface area contributed by atoms with Crippen LogP contribution in [0.3, 0.4) is 0 Å². The number of aliphatic hydroxyl groups is 1. The molecule has 3 aromatic carbocycles. The van der Waals surface area contributed by atoms with E-state index in [0.717, 1.165) is 41.8 Å². The average Bonchev–Trinajstić information content (AvgIpc) is 1.70. The molecule has 0 radical (unpaired) electrons. The number of fused-ring (bicyclic) bond motifs is 3. The van der Waals surface area contributed by atoms with Crippen LogP contribution in [0.5, 0.6) is 23.0 Å². The van der Waals surface area contributed by atoms with Crippen molar-refractivity contribution in [1.82, 2.24) is 25.8 Å². The lowest BCUT2D eigenvalue weighted by Gasteiger charge is -2.28. The summed E-state index contributed by atoms with van der Waals surface area (Å²) in [5.41, 5.74) is 6.80. The second-order valence-corrected chi connectivity index (χ2v) is 26.0. The van der Waals surface area contributed by atoms with Gasteiger partial charge in [-0.3, -0.25) is 24.2 Å². The predicted molar refractivity (Wildman–Crippen MR) is 394 cm³/mol. The molecular formula is C78H110N8O15. The highest BCUT2D eigenvalue weighted by molar-refractivity contribution is 5.98. The number of nitrogens with zero attached hydrogens (tertiary/aromatic N) is 4. The van der Waals surface area contributed by atoms with Crippen LogP contribution in [-0.4, -0.2) is 169 Å². The van der Waals surface area contributed by atoms with Crippen LogP contribution >= 0.6 is 0 Å². The molecule has 0 aromatic heterocycles. The minimum Gasteiger partial charge on any atom is -0.493 e. The zero-order valence-electron chi connectivity index (χ0n) is 60.8. The smallest absolute Gasteiger partial charge is 0.416 e. The first-order chi connectivity index (χ1) is 48.9. The Morgan fingerprint density at radius 2 is 1.32 bits per heavy atom. The van der Waals surface area contributed by atoms with E-state index in [4.69, 9.17) is 47.6 Å². The van der Waals surface area contributed by atoms with Crippen molar-refractivity contribution in [2.24, 2.45) is 16.8 Å². The van der Waals surface area contributed by atoms with E-state index >= 15 is 0 Å². The quantitative estimate of drug-likeness (QED) is 0.0265. The number of aliphatic hydroxyl groups excluding tert-OH is 1. The number of carbonyl (C=O) groups excluding carboxylic acids is 5. The van der Waals surface area contributed by atoms with Gasteiger partial charge in [0, 0.05) is 84.8 Å². The molecule has 1 aliphatic carbocycles. The molecule has 1 saturated carbocycles. The Bertz CT molecular complexity index is 3350. The molecule has 1 fully saturated rings. The van der Waals surface area contributed by atoms with Crippen LogP contribution in [0.25, 0.3) is 11.4 Å². The lowest BCUT2D eigenvalue weighted by Crippen LogP contribution is -2.53. The largest absolute Gasteiger partial charge is 0.493 e. The van der Waals surface area contributed by atoms with Crippen molar-refractivity contribution in [3.63, 3.8) is 0 Å². The number of benzene rings is 3. The van der Waals surface area contributed by atoms with Gasteiger partial charge in [-0.1, -0.05) is 122 Å². The van der Waals surface area contributed by atoms with Gasteiger partial charge in [0.15, 0.2) is 29.2 Å². The van der Waals surface area contributed by atoms with E-state index in [1.54, 1.807) is 69.2 Å². The third-order valence-corrected chi connectivity index (χ3v) is 18.0. The van der Waals surface area contributed by atoms with Gasteiger partial charge in [-0.2, -0.15) is 0 Å². The summed E-state index contributed by atoms with van der Waals surface area (Å²) in [5, 5.41) is 23.3. The first-order valence-corrected chi connectivity index (χ1v) is 36.0. The summed E-state index contributed by atoms with van der Waals surface area (Å²) in [6.45, 7) is 23.3. The van der Waals surface area contributed by atoms with Crippen molar-refractivity contribution in [1.29, 1.82) is 0 Å². The van der Waals surface area contributed by atoms with Gasteiger partial charge in [0.05, 0.1) is 104 Å². The number of hydrogen-bond acceptors (Lipinski definition) is 18. The fourth-order valence-corrected chi connectivity index (χ4v) is 12.3. The number of nitrogens with one attached hydrogen (secondary N) is 4. The van der Waals surface area contributed by atoms with Crippen molar-refractivity contribution in [3.05, 3.63) is 126 Å². The van der Waals surface area contributed by atoms with Crippen LogP contribution in [0.4, 0.5) is 21.9 Å². The maximum absolute atomic E-state index is 14.4. The van der Waals surface area contributed by atoms with Crippen LogP contribution < -0.4 is 45.1 Å². The van der Waals surface area contributed by atoms with Crippen molar-refractivity contribution in [3.8, 4) is 23.0 Å². The molecule has 4 atom stereocenters. The van der Waals surface area contributed by atoms with Crippen LogP contribution in [0.1, 0.15) is 155 Å². The zero-order valence-corrected chi connectivity index (χ0v) is 60.8. The lowest BCUT2D eigenvalue weighted by atomic mass is 9.92. The zero-order chi connectivity index (χ0) is 72.5. The summed E-state index contributed by atoms with van der Waals surface area (Å²) in [7, 11) is 3.11. The summed E-state index contributed by atoms with van der Waals surface area (Å²) >= 11 is 0. The maximum Gasteiger partial charge on any atom is 0.416 e. The van der Waals surface area contributed by atoms with Crippen LogP contribution in [0.2, 0.25) is 0 Å². The monoisotopic (exact) mass is 1400 g/mol. The number of aliphatic imine (C=N–C) groups is 1. The summed E-state index contributed by atoms with van der Waals surface area (Å²) in [6.07, 6.45) is 26.8. The highest BCUT2D eigenvalue weighted by Gasteiger charge is 2.36. The molecule has 5 N–H and O–H groups in total. The van der Waals surface area contributed by atoms with Gasteiger partial charge in [-0.15, -0.1) is 0 Å². The Morgan fingerprint density at radius 3 is 1.93 bits per heavy atom. The average molecular weight is 1400 g/mol. The topological polar surface area (TPSA) is 259 Å². The molecule has 5 amide bonds. The number of carbonyl (C=O) groups is 5. The van der Waals surface area contributed by atoms with E-state index in [1.807, 2.05) is 63.5 Å². The lowest BCUT2D eigenvalue weighted by molar-refractivity contribution is -0.132. The van der Waals surface area contributed by atoms with Gasteiger partial charge in [0.1, 0.15) is 18.7 Å². The molecular weight excluding hydrogens is 1290 g/mol. The molecule has 0 saturated heterocycles. The van der Waals surface area contributed by atoms with E-state index in [0.29, 0.717) is 117 Å². The number of ether oxygens (including phenoxy) is 9. The first kappa shape index (κ1) is 79.8. The van der Waals surface area contributed by atoms with Gasteiger partial charge in [-0.25, -0.2) is 9.69 Å². The second kappa shape index (κ2) is 42.7. The molecule has 0 unspecified atom stereocenters.